The van der Waals surface area contributed by atoms with Gasteiger partial charge in [0.2, 0.25) is 6.54 Å². The summed E-state index contributed by atoms with van der Waals surface area (Å²) in [7, 11) is 0. The predicted molar refractivity (Wildman–Crippen MR) is 71.9 cm³/mol. The van der Waals surface area contributed by atoms with E-state index in [1.807, 2.05) is 30.3 Å². The second-order valence-corrected chi connectivity index (χ2v) is 4.32. The fraction of sp³-hybridized carbons (Fsp3) is 0.133. The minimum atomic E-state index is -0.920. The van der Waals surface area contributed by atoms with Gasteiger partial charge in [-0.3, -0.25) is 4.79 Å². The third-order valence-electron chi connectivity index (χ3n) is 2.77. The van der Waals surface area contributed by atoms with Crippen LogP contribution in [0.15, 0.2) is 54.9 Å². The fourth-order valence-electron chi connectivity index (χ4n) is 1.75. The Bertz CT molecular complexity index is 594. The van der Waals surface area contributed by atoms with E-state index in [0.717, 1.165) is 5.56 Å². The number of nitrogens with zero attached hydrogens (tertiary/aromatic N) is 1. The first-order valence-corrected chi connectivity index (χ1v) is 6.18. The van der Waals surface area contributed by atoms with Crippen LogP contribution in [-0.2, 0) is 17.9 Å². The molecule has 1 aromatic carbocycles. The maximum absolute atomic E-state index is 11.9. The Labute approximate surface area is 116 Å². The van der Waals surface area contributed by atoms with Crippen molar-refractivity contribution in [3.05, 3.63) is 66.0 Å². The van der Waals surface area contributed by atoms with E-state index < -0.39 is 5.97 Å². The number of aromatic nitrogens is 1. The summed E-state index contributed by atoms with van der Waals surface area (Å²) in [6, 6.07) is 12.8. The highest BCUT2D eigenvalue weighted by Gasteiger charge is 2.10. The summed E-state index contributed by atoms with van der Waals surface area (Å²) in [6.45, 7) is 0.343. The average molecular weight is 271 g/mol. The van der Waals surface area contributed by atoms with Gasteiger partial charge in [0.1, 0.15) is 0 Å². The second-order valence-electron chi connectivity index (χ2n) is 4.32. The molecule has 0 aliphatic heterocycles. The van der Waals surface area contributed by atoms with Crippen LogP contribution in [0.2, 0.25) is 0 Å². The van der Waals surface area contributed by atoms with E-state index in [4.69, 9.17) is 5.11 Å². The summed E-state index contributed by atoms with van der Waals surface area (Å²) in [6.07, 6.45) is 3.15. The first-order chi connectivity index (χ1) is 9.65. The van der Waals surface area contributed by atoms with Crippen molar-refractivity contribution >= 4 is 11.9 Å². The van der Waals surface area contributed by atoms with Crippen LogP contribution in [0.1, 0.15) is 15.9 Å². The first-order valence-electron chi connectivity index (χ1n) is 6.18. The average Bonchev–Trinajstić information content (AvgIpc) is 2.46. The van der Waals surface area contributed by atoms with Gasteiger partial charge in [-0.15, -0.1) is 0 Å². The van der Waals surface area contributed by atoms with Crippen LogP contribution in [0, 0.1) is 0 Å². The maximum Gasteiger partial charge on any atom is 0.370 e. The Morgan fingerprint density at radius 1 is 1.05 bits per heavy atom. The lowest BCUT2D eigenvalue weighted by Gasteiger charge is -2.04. The van der Waals surface area contributed by atoms with Gasteiger partial charge in [-0.2, -0.15) is 4.57 Å². The molecule has 2 N–H and O–H groups in total. The summed E-state index contributed by atoms with van der Waals surface area (Å²) in [5, 5.41) is 11.5. The Kier molecular flexibility index (Phi) is 4.44. The minimum absolute atomic E-state index is 0.119. The molecule has 5 nitrogen and oxygen atoms in total. The number of carboxylic acids is 1. The largest absolute Gasteiger partial charge is 0.477 e. The molecule has 0 spiro atoms. The number of nitrogens with one attached hydrogen (secondary N) is 1. The molecule has 0 atom stereocenters. The van der Waals surface area contributed by atoms with E-state index in [-0.39, 0.29) is 12.5 Å². The molecule has 0 fully saturated rings. The molecule has 20 heavy (non-hydrogen) atoms. The van der Waals surface area contributed by atoms with Crippen LogP contribution in [-0.4, -0.2) is 17.0 Å². The zero-order valence-electron chi connectivity index (χ0n) is 10.8. The number of carboxylic acid groups (broad SMARTS) is 1. The molecule has 0 aliphatic carbocycles. The van der Waals surface area contributed by atoms with Gasteiger partial charge in [-0.1, -0.05) is 30.3 Å². The normalized spacial score (nSPS) is 10.0. The van der Waals surface area contributed by atoms with Crippen LogP contribution >= 0.6 is 0 Å². The van der Waals surface area contributed by atoms with E-state index in [0.29, 0.717) is 12.1 Å². The number of amides is 1. The van der Waals surface area contributed by atoms with Gasteiger partial charge in [0, 0.05) is 18.7 Å². The number of hydrogen-bond acceptors (Lipinski definition) is 2. The SMILES string of the molecule is O=C(O)C[n+]1ccc(C(=O)NCc2ccccc2)cc1. The number of aliphatic carboxylic acids is 1. The van der Waals surface area contributed by atoms with Gasteiger partial charge < -0.3 is 10.4 Å². The molecule has 2 aromatic rings. The fourth-order valence-corrected chi connectivity index (χ4v) is 1.75. The number of pyridine rings is 1. The predicted octanol–water partition coefficient (Wildman–Crippen LogP) is 0.989. The molecule has 0 bridgehead atoms. The van der Waals surface area contributed by atoms with Crippen molar-refractivity contribution < 1.29 is 19.3 Å². The number of hydrogen-bond donors (Lipinski definition) is 2. The van der Waals surface area contributed by atoms with Crippen molar-refractivity contribution in [2.75, 3.05) is 0 Å². The van der Waals surface area contributed by atoms with E-state index in [1.165, 1.54) is 4.57 Å². The second kappa shape index (κ2) is 6.47. The third-order valence-corrected chi connectivity index (χ3v) is 2.77. The maximum atomic E-state index is 11.9. The van der Waals surface area contributed by atoms with Crippen molar-refractivity contribution in [1.29, 1.82) is 0 Å². The van der Waals surface area contributed by atoms with Crippen LogP contribution in [0.4, 0.5) is 0 Å². The van der Waals surface area contributed by atoms with Crippen molar-refractivity contribution in [2.45, 2.75) is 13.1 Å². The van der Waals surface area contributed by atoms with Gasteiger partial charge in [0.05, 0.1) is 5.56 Å². The zero-order chi connectivity index (χ0) is 14.4. The highest BCUT2D eigenvalue weighted by Crippen LogP contribution is 2.00. The summed E-state index contributed by atoms with van der Waals surface area (Å²) in [4.78, 5) is 22.5. The van der Waals surface area contributed by atoms with Gasteiger partial charge in [-0.05, 0) is 5.56 Å². The quantitative estimate of drug-likeness (QED) is 0.797. The molecular formula is C15H15N2O3+. The van der Waals surface area contributed by atoms with Gasteiger partial charge in [0.25, 0.3) is 5.91 Å². The van der Waals surface area contributed by atoms with E-state index >= 15 is 0 Å². The standard InChI is InChI=1S/C15H14N2O3/c18-14(19)11-17-8-6-13(7-9-17)15(20)16-10-12-4-2-1-3-5-12/h1-9H,10-11H2,(H-,16,18,19,20)/p+1. The minimum Gasteiger partial charge on any atom is -0.477 e. The summed E-state index contributed by atoms with van der Waals surface area (Å²) in [5.41, 5.74) is 1.53. The zero-order valence-corrected chi connectivity index (χ0v) is 10.8. The molecule has 0 unspecified atom stereocenters. The molecular weight excluding hydrogens is 256 g/mol. The van der Waals surface area contributed by atoms with Gasteiger partial charge >= 0.3 is 5.97 Å². The Hall–Kier alpha value is -2.69. The van der Waals surface area contributed by atoms with Crippen LogP contribution in [0.3, 0.4) is 0 Å². The highest BCUT2D eigenvalue weighted by molar-refractivity contribution is 5.93. The van der Waals surface area contributed by atoms with Gasteiger partial charge in [0.15, 0.2) is 12.4 Å². The van der Waals surface area contributed by atoms with E-state index in [9.17, 15) is 9.59 Å². The number of rotatable bonds is 5. The molecule has 0 saturated heterocycles. The molecule has 1 aromatic heterocycles. The molecule has 0 aliphatic rings. The number of benzene rings is 1. The van der Waals surface area contributed by atoms with E-state index in [2.05, 4.69) is 5.32 Å². The number of carbonyl (C=O) groups is 2. The summed E-state index contributed by atoms with van der Waals surface area (Å²) >= 11 is 0. The smallest absolute Gasteiger partial charge is 0.370 e. The highest BCUT2D eigenvalue weighted by atomic mass is 16.4. The molecule has 0 saturated carbocycles. The first kappa shape index (κ1) is 13.7. The van der Waals surface area contributed by atoms with Crippen LogP contribution < -0.4 is 9.88 Å². The van der Waals surface area contributed by atoms with Crippen molar-refractivity contribution in [1.82, 2.24) is 5.32 Å². The third kappa shape index (κ3) is 3.91. The lowest BCUT2D eigenvalue weighted by molar-refractivity contribution is -0.685. The Balaban J connectivity index is 1.94. The Morgan fingerprint density at radius 3 is 2.30 bits per heavy atom. The lowest BCUT2D eigenvalue weighted by Crippen LogP contribution is -2.37. The van der Waals surface area contributed by atoms with Crippen molar-refractivity contribution in [3.8, 4) is 0 Å². The lowest BCUT2D eigenvalue weighted by atomic mass is 10.2. The summed E-state index contributed by atoms with van der Waals surface area (Å²) in [5.74, 6) is -1.10. The topological polar surface area (TPSA) is 70.3 Å². The van der Waals surface area contributed by atoms with Crippen molar-refractivity contribution in [2.24, 2.45) is 0 Å². The van der Waals surface area contributed by atoms with Crippen molar-refractivity contribution in [3.63, 3.8) is 0 Å². The molecule has 102 valence electrons. The van der Waals surface area contributed by atoms with Crippen LogP contribution in [0.5, 0.6) is 0 Å². The molecule has 5 heteroatoms. The Morgan fingerprint density at radius 2 is 1.70 bits per heavy atom. The molecule has 2 rings (SSSR count). The molecule has 0 radical (unpaired) electrons. The monoisotopic (exact) mass is 271 g/mol. The van der Waals surface area contributed by atoms with Gasteiger partial charge in [-0.25, -0.2) is 4.79 Å². The van der Waals surface area contributed by atoms with Crippen LogP contribution in [0.25, 0.3) is 0 Å². The molecule has 1 heterocycles. The number of carbonyl (C=O) groups excluding carboxylic acids is 1. The van der Waals surface area contributed by atoms with E-state index in [1.54, 1.807) is 24.5 Å². The molecule has 1 amide bonds. The summed E-state index contributed by atoms with van der Waals surface area (Å²) < 4.78 is 1.50.